The SMILES string of the molecule is Cc1nn(C)c(Sc2ccc(Cl)cn2)c1CCN. The molecule has 2 rings (SSSR count). The smallest absolute Gasteiger partial charge is 0.103 e. The summed E-state index contributed by atoms with van der Waals surface area (Å²) in [5.74, 6) is 0. The molecule has 96 valence electrons. The molecule has 2 aromatic heterocycles. The Morgan fingerprint density at radius 1 is 1.44 bits per heavy atom. The molecule has 0 radical (unpaired) electrons. The molecule has 6 heteroatoms. The Kier molecular flexibility index (Phi) is 4.27. The average molecular weight is 283 g/mol. The highest BCUT2D eigenvalue weighted by Crippen LogP contribution is 2.30. The van der Waals surface area contributed by atoms with Gasteiger partial charge in [0.1, 0.15) is 10.1 Å². The third kappa shape index (κ3) is 2.85. The Hall–Kier alpha value is -1.04. The summed E-state index contributed by atoms with van der Waals surface area (Å²) in [4.78, 5) is 4.28. The lowest BCUT2D eigenvalue weighted by Gasteiger charge is -2.05. The van der Waals surface area contributed by atoms with Gasteiger partial charge in [0.15, 0.2) is 0 Å². The molecule has 0 unspecified atom stereocenters. The van der Waals surface area contributed by atoms with Gasteiger partial charge in [-0.15, -0.1) is 0 Å². The van der Waals surface area contributed by atoms with Crippen LogP contribution in [0, 0.1) is 6.92 Å². The van der Waals surface area contributed by atoms with Gasteiger partial charge in [0.05, 0.1) is 10.7 Å². The van der Waals surface area contributed by atoms with Gasteiger partial charge >= 0.3 is 0 Å². The molecule has 0 atom stereocenters. The van der Waals surface area contributed by atoms with Crippen molar-refractivity contribution in [2.45, 2.75) is 23.4 Å². The molecule has 2 heterocycles. The Balaban J connectivity index is 2.30. The van der Waals surface area contributed by atoms with Crippen LogP contribution < -0.4 is 5.73 Å². The molecule has 0 aliphatic heterocycles. The predicted octanol–water partition coefficient (Wildman–Crippen LogP) is 2.43. The summed E-state index contributed by atoms with van der Waals surface area (Å²) in [5.41, 5.74) is 7.86. The first-order valence-corrected chi connectivity index (χ1v) is 6.83. The van der Waals surface area contributed by atoms with Crippen LogP contribution >= 0.6 is 23.4 Å². The fourth-order valence-electron chi connectivity index (χ4n) is 1.76. The first-order valence-electron chi connectivity index (χ1n) is 5.63. The fraction of sp³-hybridized carbons (Fsp3) is 0.333. The van der Waals surface area contributed by atoms with Crippen molar-refractivity contribution in [3.05, 3.63) is 34.6 Å². The van der Waals surface area contributed by atoms with Gasteiger partial charge in [-0.05, 0) is 32.0 Å². The summed E-state index contributed by atoms with van der Waals surface area (Å²) in [6, 6.07) is 3.74. The van der Waals surface area contributed by atoms with Gasteiger partial charge in [-0.25, -0.2) is 4.98 Å². The molecule has 0 saturated heterocycles. The van der Waals surface area contributed by atoms with E-state index in [1.165, 1.54) is 5.56 Å². The van der Waals surface area contributed by atoms with Crippen LogP contribution in [0.4, 0.5) is 0 Å². The van der Waals surface area contributed by atoms with Crippen LogP contribution in [-0.2, 0) is 13.5 Å². The summed E-state index contributed by atoms with van der Waals surface area (Å²) < 4.78 is 1.88. The van der Waals surface area contributed by atoms with Crippen molar-refractivity contribution in [2.24, 2.45) is 12.8 Å². The zero-order valence-corrected chi connectivity index (χ0v) is 11.9. The van der Waals surface area contributed by atoms with Gasteiger partial charge in [-0.1, -0.05) is 23.4 Å². The minimum Gasteiger partial charge on any atom is -0.330 e. The molecular weight excluding hydrogens is 268 g/mol. The maximum Gasteiger partial charge on any atom is 0.103 e. The predicted molar refractivity (Wildman–Crippen MR) is 74.1 cm³/mol. The molecule has 0 bridgehead atoms. The van der Waals surface area contributed by atoms with E-state index < -0.39 is 0 Å². The van der Waals surface area contributed by atoms with E-state index in [0.29, 0.717) is 11.6 Å². The summed E-state index contributed by atoms with van der Waals surface area (Å²) in [7, 11) is 1.94. The van der Waals surface area contributed by atoms with E-state index >= 15 is 0 Å². The topological polar surface area (TPSA) is 56.7 Å². The van der Waals surface area contributed by atoms with Crippen molar-refractivity contribution in [1.29, 1.82) is 0 Å². The molecule has 0 fully saturated rings. The number of aryl methyl sites for hydroxylation is 2. The van der Waals surface area contributed by atoms with Gasteiger partial charge in [-0.3, -0.25) is 4.68 Å². The monoisotopic (exact) mass is 282 g/mol. The molecule has 4 nitrogen and oxygen atoms in total. The quantitative estimate of drug-likeness (QED) is 0.936. The second-order valence-corrected chi connectivity index (χ2v) is 5.39. The molecule has 18 heavy (non-hydrogen) atoms. The number of nitrogens with two attached hydrogens (primary N) is 1. The van der Waals surface area contributed by atoms with Crippen molar-refractivity contribution in [2.75, 3.05) is 6.54 Å². The van der Waals surface area contributed by atoms with Crippen molar-refractivity contribution < 1.29 is 0 Å². The first kappa shape index (κ1) is 13.4. The maximum absolute atomic E-state index is 5.83. The Morgan fingerprint density at radius 3 is 2.83 bits per heavy atom. The molecule has 0 saturated carbocycles. The van der Waals surface area contributed by atoms with Gasteiger partial charge in [-0.2, -0.15) is 5.10 Å². The largest absolute Gasteiger partial charge is 0.330 e. The van der Waals surface area contributed by atoms with E-state index in [1.54, 1.807) is 18.0 Å². The number of pyridine rings is 1. The van der Waals surface area contributed by atoms with Crippen LogP contribution in [0.2, 0.25) is 5.02 Å². The van der Waals surface area contributed by atoms with Crippen LogP contribution in [0.5, 0.6) is 0 Å². The third-order valence-corrected chi connectivity index (χ3v) is 3.96. The summed E-state index contributed by atoms with van der Waals surface area (Å²) >= 11 is 7.41. The van der Waals surface area contributed by atoms with Crippen molar-refractivity contribution >= 4 is 23.4 Å². The second kappa shape index (κ2) is 5.73. The number of hydrogen-bond donors (Lipinski definition) is 1. The van der Waals surface area contributed by atoms with E-state index in [-0.39, 0.29) is 0 Å². The molecule has 0 spiro atoms. The lowest BCUT2D eigenvalue weighted by atomic mass is 10.2. The molecule has 2 N–H and O–H groups in total. The summed E-state index contributed by atoms with van der Waals surface area (Å²) in [6.45, 7) is 2.62. The number of halogens is 1. The molecule has 0 aliphatic rings. The number of hydrogen-bond acceptors (Lipinski definition) is 4. The maximum atomic E-state index is 5.83. The first-order chi connectivity index (χ1) is 8.61. The van der Waals surface area contributed by atoms with Crippen LogP contribution in [0.15, 0.2) is 28.4 Å². The van der Waals surface area contributed by atoms with Crippen LogP contribution in [0.25, 0.3) is 0 Å². The number of nitrogens with zero attached hydrogens (tertiary/aromatic N) is 3. The van der Waals surface area contributed by atoms with Crippen molar-refractivity contribution in [1.82, 2.24) is 14.8 Å². The third-order valence-electron chi connectivity index (χ3n) is 2.58. The fourth-order valence-corrected chi connectivity index (χ4v) is 2.86. The molecular formula is C12H15ClN4S. The Bertz CT molecular complexity index is 536. The minimum absolute atomic E-state index is 0.619. The molecule has 0 aromatic carbocycles. The highest BCUT2D eigenvalue weighted by Gasteiger charge is 2.14. The highest BCUT2D eigenvalue weighted by atomic mass is 35.5. The number of rotatable bonds is 4. The Labute approximate surface area is 116 Å². The summed E-state index contributed by atoms with van der Waals surface area (Å²) in [6.07, 6.45) is 2.48. The highest BCUT2D eigenvalue weighted by molar-refractivity contribution is 7.99. The van der Waals surface area contributed by atoms with Gasteiger partial charge < -0.3 is 5.73 Å². The van der Waals surface area contributed by atoms with E-state index in [4.69, 9.17) is 17.3 Å². The van der Waals surface area contributed by atoms with E-state index in [2.05, 4.69) is 10.1 Å². The molecule has 0 aliphatic carbocycles. The lowest BCUT2D eigenvalue weighted by Crippen LogP contribution is -2.04. The standard InChI is InChI=1S/C12H15ClN4S/c1-8-10(5-6-14)12(17(2)16-8)18-11-4-3-9(13)7-15-11/h3-4,7H,5-6,14H2,1-2H3. The van der Waals surface area contributed by atoms with Gasteiger partial charge in [0.2, 0.25) is 0 Å². The van der Waals surface area contributed by atoms with Gasteiger partial charge in [0.25, 0.3) is 0 Å². The van der Waals surface area contributed by atoms with Crippen LogP contribution in [-0.4, -0.2) is 21.3 Å². The molecule has 2 aromatic rings. The van der Waals surface area contributed by atoms with E-state index in [0.717, 1.165) is 22.2 Å². The Morgan fingerprint density at radius 2 is 2.22 bits per heavy atom. The van der Waals surface area contributed by atoms with E-state index in [1.807, 2.05) is 30.8 Å². The van der Waals surface area contributed by atoms with Crippen molar-refractivity contribution in [3.63, 3.8) is 0 Å². The van der Waals surface area contributed by atoms with Crippen molar-refractivity contribution in [3.8, 4) is 0 Å². The minimum atomic E-state index is 0.619. The zero-order chi connectivity index (χ0) is 13.1. The number of aromatic nitrogens is 3. The zero-order valence-electron chi connectivity index (χ0n) is 10.4. The average Bonchev–Trinajstić information content (AvgIpc) is 2.59. The lowest BCUT2D eigenvalue weighted by molar-refractivity contribution is 0.687. The van der Waals surface area contributed by atoms with E-state index in [9.17, 15) is 0 Å². The summed E-state index contributed by atoms with van der Waals surface area (Å²) in [5, 5.41) is 7.07. The molecule has 0 amide bonds. The normalized spacial score (nSPS) is 10.9. The van der Waals surface area contributed by atoms with Gasteiger partial charge in [0, 0.05) is 18.8 Å². The van der Waals surface area contributed by atoms with Crippen LogP contribution in [0.1, 0.15) is 11.3 Å². The van der Waals surface area contributed by atoms with Crippen LogP contribution in [0.3, 0.4) is 0 Å². The second-order valence-electron chi connectivity index (χ2n) is 3.95.